The third-order valence-corrected chi connectivity index (χ3v) is 6.09. The predicted octanol–water partition coefficient (Wildman–Crippen LogP) is 5.60. The van der Waals surface area contributed by atoms with Crippen LogP contribution in [0.2, 0.25) is 0 Å². The van der Waals surface area contributed by atoms with Crippen LogP contribution in [0.15, 0.2) is 67.0 Å². The number of fused-ring (bicyclic) bond motifs is 3. The zero-order chi connectivity index (χ0) is 25.6. The fourth-order valence-corrected chi connectivity index (χ4v) is 4.23. The van der Waals surface area contributed by atoms with E-state index in [0.29, 0.717) is 34.7 Å². The normalized spacial score (nSPS) is 12.8. The van der Waals surface area contributed by atoms with Crippen molar-refractivity contribution in [3.05, 3.63) is 89.6 Å². The van der Waals surface area contributed by atoms with Gasteiger partial charge in [-0.3, -0.25) is 19.0 Å². The average Bonchev–Trinajstić information content (AvgIpc) is 3.36. The SMILES string of the molecule is CC(CNC(=O)c1ccc2c(c1)c1cn(C)nc1n2-c1ccc(C(F)(F)F)cc1)c1ccc(F)cn1. The maximum absolute atomic E-state index is 13.1. The lowest BCUT2D eigenvalue weighted by Gasteiger charge is -2.13. The number of hydrogen-bond donors (Lipinski definition) is 1. The quantitative estimate of drug-likeness (QED) is 0.323. The predicted molar refractivity (Wildman–Crippen MR) is 127 cm³/mol. The van der Waals surface area contributed by atoms with Gasteiger partial charge in [0.15, 0.2) is 5.65 Å². The molecule has 1 amide bonds. The number of nitrogens with one attached hydrogen (secondary N) is 1. The summed E-state index contributed by atoms with van der Waals surface area (Å²) in [7, 11) is 1.75. The fourth-order valence-electron chi connectivity index (χ4n) is 4.23. The Hall–Kier alpha value is -4.21. The van der Waals surface area contributed by atoms with Crippen LogP contribution in [-0.4, -0.2) is 31.8 Å². The van der Waals surface area contributed by atoms with Gasteiger partial charge in [0.25, 0.3) is 5.91 Å². The van der Waals surface area contributed by atoms with Gasteiger partial charge >= 0.3 is 6.18 Å². The van der Waals surface area contributed by atoms with Crippen LogP contribution in [0.25, 0.3) is 27.6 Å². The van der Waals surface area contributed by atoms with Crippen LogP contribution in [0.3, 0.4) is 0 Å². The number of carbonyl (C=O) groups is 1. The van der Waals surface area contributed by atoms with E-state index in [2.05, 4.69) is 15.4 Å². The molecule has 3 aromatic heterocycles. The van der Waals surface area contributed by atoms with Crippen molar-refractivity contribution in [3.63, 3.8) is 0 Å². The first-order valence-corrected chi connectivity index (χ1v) is 11.2. The molecule has 0 aliphatic carbocycles. The first kappa shape index (κ1) is 23.5. The second-order valence-electron chi connectivity index (χ2n) is 8.66. The maximum Gasteiger partial charge on any atom is 0.416 e. The molecular weight excluding hydrogens is 474 g/mol. The number of benzene rings is 2. The molecule has 0 aliphatic heterocycles. The van der Waals surface area contributed by atoms with Crippen molar-refractivity contribution in [2.45, 2.75) is 19.0 Å². The third kappa shape index (κ3) is 4.30. The van der Waals surface area contributed by atoms with Gasteiger partial charge < -0.3 is 5.32 Å². The molecule has 0 aliphatic rings. The minimum absolute atomic E-state index is 0.121. The highest BCUT2D eigenvalue weighted by atomic mass is 19.4. The molecule has 1 unspecified atom stereocenters. The van der Waals surface area contributed by atoms with Crippen molar-refractivity contribution in [1.29, 1.82) is 0 Å². The van der Waals surface area contributed by atoms with Gasteiger partial charge in [0.1, 0.15) is 5.82 Å². The van der Waals surface area contributed by atoms with Gasteiger partial charge in [0.05, 0.1) is 17.3 Å². The first-order valence-electron chi connectivity index (χ1n) is 11.2. The molecule has 2 aromatic carbocycles. The lowest BCUT2D eigenvalue weighted by Crippen LogP contribution is -2.27. The van der Waals surface area contributed by atoms with Gasteiger partial charge in [-0.1, -0.05) is 6.92 Å². The molecule has 0 saturated carbocycles. The molecule has 1 N–H and O–H groups in total. The van der Waals surface area contributed by atoms with E-state index in [1.165, 1.54) is 18.2 Å². The number of carbonyl (C=O) groups excluding carboxylic acids is 1. The Morgan fingerprint density at radius 1 is 1.06 bits per heavy atom. The molecule has 0 radical (unpaired) electrons. The Morgan fingerprint density at radius 3 is 2.47 bits per heavy atom. The monoisotopic (exact) mass is 495 g/mol. The minimum atomic E-state index is -4.43. The Morgan fingerprint density at radius 2 is 1.81 bits per heavy atom. The summed E-state index contributed by atoms with van der Waals surface area (Å²) in [5, 5.41) is 8.90. The summed E-state index contributed by atoms with van der Waals surface area (Å²) < 4.78 is 55.6. The summed E-state index contributed by atoms with van der Waals surface area (Å²) in [5.41, 5.74) is 2.17. The highest BCUT2D eigenvalue weighted by Gasteiger charge is 2.30. The molecular formula is C26H21F4N5O. The first-order chi connectivity index (χ1) is 17.1. The number of rotatable bonds is 5. The molecule has 10 heteroatoms. The third-order valence-electron chi connectivity index (χ3n) is 6.09. The Labute approximate surface area is 203 Å². The second-order valence-corrected chi connectivity index (χ2v) is 8.66. The second kappa shape index (κ2) is 8.78. The average molecular weight is 495 g/mol. The number of hydrogen-bond acceptors (Lipinski definition) is 3. The lowest BCUT2D eigenvalue weighted by atomic mass is 10.1. The fraction of sp³-hybridized carbons (Fsp3) is 0.192. The van der Waals surface area contributed by atoms with Crippen molar-refractivity contribution >= 4 is 27.8 Å². The number of amides is 1. The summed E-state index contributed by atoms with van der Waals surface area (Å²) >= 11 is 0. The van der Waals surface area contributed by atoms with Crippen LogP contribution in [0.5, 0.6) is 0 Å². The van der Waals surface area contributed by atoms with Crippen LogP contribution >= 0.6 is 0 Å². The molecule has 1 atom stereocenters. The molecule has 6 nitrogen and oxygen atoms in total. The number of halogens is 4. The highest BCUT2D eigenvalue weighted by Crippen LogP contribution is 2.34. The molecule has 0 bridgehead atoms. The summed E-state index contributed by atoms with van der Waals surface area (Å²) in [4.78, 5) is 17.0. The summed E-state index contributed by atoms with van der Waals surface area (Å²) in [6.45, 7) is 2.19. The van der Waals surface area contributed by atoms with Crippen LogP contribution < -0.4 is 5.32 Å². The number of nitrogens with zero attached hydrogens (tertiary/aromatic N) is 4. The van der Waals surface area contributed by atoms with Crippen molar-refractivity contribution in [2.24, 2.45) is 7.05 Å². The smallest absolute Gasteiger partial charge is 0.351 e. The van der Waals surface area contributed by atoms with Gasteiger partial charge in [-0.25, -0.2) is 4.39 Å². The van der Waals surface area contributed by atoms with Gasteiger partial charge in [0.2, 0.25) is 0 Å². The van der Waals surface area contributed by atoms with Crippen molar-refractivity contribution in [1.82, 2.24) is 24.6 Å². The largest absolute Gasteiger partial charge is 0.416 e. The van der Waals surface area contributed by atoms with Crippen LogP contribution in [0.4, 0.5) is 17.6 Å². The van der Waals surface area contributed by atoms with Crippen molar-refractivity contribution in [2.75, 3.05) is 6.54 Å². The number of aryl methyl sites for hydroxylation is 1. The number of alkyl halides is 3. The molecule has 0 fully saturated rings. The molecule has 0 saturated heterocycles. The summed E-state index contributed by atoms with van der Waals surface area (Å²) in [6.07, 6.45) is -1.48. The van der Waals surface area contributed by atoms with Crippen LogP contribution in [-0.2, 0) is 13.2 Å². The van der Waals surface area contributed by atoms with E-state index in [1.807, 2.05) is 13.1 Å². The van der Waals surface area contributed by atoms with E-state index in [1.54, 1.807) is 40.6 Å². The number of aromatic nitrogens is 4. The Kier molecular flexibility index (Phi) is 5.74. The Bertz CT molecular complexity index is 1570. The van der Waals surface area contributed by atoms with E-state index in [0.717, 1.165) is 29.1 Å². The molecule has 36 heavy (non-hydrogen) atoms. The lowest BCUT2D eigenvalue weighted by molar-refractivity contribution is -0.137. The maximum atomic E-state index is 13.1. The summed E-state index contributed by atoms with van der Waals surface area (Å²) in [5.74, 6) is -0.831. The van der Waals surface area contributed by atoms with E-state index >= 15 is 0 Å². The Balaban J connectivity index is 1.46. The van der Waals surface area contributed by atoms with E-state index in [4.69, 9.17) is 0 Å². The van der Waals surface area contributed by atoms with Gasteiger partial charge in [-0.05, 0) is 54.6 Å². The molecule has 5 rings (SSSR count). The van der Waals surface area contributed by atoms with Crippen LogP contribution in [0.1, 0.15) is 34.5 Å². The summed E-state index contributed by atoms with van der Waals surface area (Å²) in [6, 6.07) is 13.0. The van der Waals surface area contributed by atoms with Gasteiger partial charge in [-0.15, -0.1) is 0 Å². The molecule has 0 spiro atoms. The van der Waals surface area contributed by atoms with Crippen LogP contribution in [0, 0.1) is 5.82 Å². The topological polar surface area (TPSA) is 64.7 Å². The zero-order valence-corrected chi connectivity index (χ0v) is 19.3. The van der Waals surface area contributed by atoms with E-state index in [-0.39, 0.29) is 11.8 Å². The molecule has 184 valence electrons. The van der Waals surface area contributed by atoms with Crippen molar-refractivity contribution < 1.29 is 22.4 Å². The van der Waals surface area contributed by atoms with Gasteiger partial charge in [0, 0.05) is 53.4 Å². The van der Waals surface area contributed by atoms with E-state index < -0.39 is 17.6 Å². The standard InChI is InChI=1S/C26H21F4N5O/c1-15(22-9-6-18(27)13-31-22)12-32-25(36)16-3-10-23-20(11-16)21-14-34(2)33-24(21)35(23)19-7-4-17(5-8-19)26(28,29)30/h3-11,13-15H,12H2,1-2H3,(H,32,36). The molecule has 5 aromatic rings. The minimum Gasteiger partial charge on any atom is -0.351 e. The zero-order valence-electron chi connectivity index (χ0n) is 19.3. The molecule has 3 heterocycles. The van der Waals surface area contributed by atoms with Crippen molar-refractivity contribution in [3.8, 4) is 5.69 Å². The highest BCUT2D eigenvalue weighted by molar-refractivity contribution is 6.10. The van der Waals surface area contributed by atoms with Gasteiger partial charge in [-0.2, -0.15) is 18.3 Å². The van der Waals surface area contributed by atoms with E-state index in [9.17, 15) is 22.4 Å². The number of pyridine rings is 1.